The van der Waals surface area contributed by atoms with Gasteiger partial charge in [-0.2, -0.15) is 0 Å². The number of para-hydroxylation sites is 1. The van der Waals surface area contributed by atoms with Gasteiger partial charge < -0.3 is 24.5 Å². The predicted octanol–water partition coefficient (Wildman–Crippen LogP) is 5.79. The third-order valence-electron chi connectivity index (χ3n) is 10.8. The molecule has 0 radical (unpaired) electrons. The number of amides is 3. The fourth-order valence-corrected chi connectivity index (χ4v) is 8.52. The zero-order chi connectivity index (χ0) is 34.4. The molecule has 0 saturated carbocycles. The van der Waals surface area contributed by atoms with Crippen LogP contribution in [-0.2, 0) is 19.1 Å². The van der Waals surface area contributed by atoms with Crippen LogP contribution < -0.4 is 9.80 Å². The quantitative estimate of drug-likeness (QED) is 0.267. The van der Waals surface area contributed by atoms with E-state index in [4.69, 9.17) is 4.74 Å². The van der Waals surface area contributed by atoms with Crippen molar-refractivity contribution >= 4 is 29.1 Å². The monoisotopic (exact) mass is 647 g/mol. The zero-order valence-electron chi connectivity index (χ0n) is 28.2. The molecule has 3 unspecified atom stereocenters. The molecule has 3 saturated heterocycles. The second kappa shape index (κ2) is 12.8. The van der Waals surface area contributed by atoms with Gasteiger partial charge in [0.05, 0.1) is 30.1 Å². The van der Waals surface area contributed by atoms with Gasteiger partial charge in [0.15, 0.2) is 0 Å². The van der Waals surface area contributed by atoms with Gasteiger partial charge in [0, 0.05) is 24.5 Å². The molecule has 3 aliphatic heterocycles. The van der Waals surface area contributed by atoms with Crippen LogP contribution >= 0.6 is 0 Å². The zero-order valence-corrected chi connectivity index (χ0v) is 28.2. The van der Waals surface area contributed by atoms with Crippen LogP contribution in [0.25, 0.3) is 0 Å². The number of anilines is 2. The molecule has 1 N–H and O–H groups in total. The molecule has 3 aromatic carbocycles. The average molecular weight is 648 g/mol. The molecular formula is C40H45N3O5. The number of ether oxygens (including phenoxy) is 1. The molecule has 3 aromatic rings. The molecule has 3 fully saturated rings. The van der Waals surface area contributed by atoms with Crippen molar-refractivity contribution in [3.8, 4) is 0 Å². The van der Waals surface area contributed by atoms with Gasteiger partial charge in [-0.15, -0.1) is 13.2 Å². The molecule has 1 spiro atoms. The van der Waals surface area contributed by atoms with E-state index in [0.717, 1.165) is 11.1 Å². The van der Waals surface area contributed by atoms with Gasteiger partial charge >= 0.3 is 0 Å². The minimum atomic E-state index is -1.31. The third kappa shape index (κ3) is 5.09. The van der Waals surface area contributed by atoms with E-state index in [0.29, 0.717) is 23.4 Å². The maximum Gasteiger partial charge on any atom is 0.253 e. The molecule has 3 heterocycles. The molecule has 3 amide bonds. The van der Waals surface area contributed by atoms with E-state index in [1.165, 1.54) is 4.90 Å². The highest BCUT2D eigenvalue weighted by Gasteiger charge is 2.80. The van der Waals surface area contributed by atoms with Crippen molar-refractivity contribution in [3.63, 3.8) is 0 Å². The van der Waals surface area contributed by atoms with E-state index in [1.54, 1.807) is 22.0 Å². The lowest BCUT2D eigenvalue weighted by Crippen LogP contribution is -2.58. The number of rotatable bonds is 11. The summed E-state index contributed by atoms with van der Waals surface area (Å²) < 4.78 is 7.07. The molecule has 0 aromatic heterocycles. The predicted molar refractivity (Wildman–Crippen MR) is 187 cm³/mol. The Hall–Kier alpha value is -4.53. The Labute approximate surface area is 283 Å². The number of aliphatic hydroxyl groups is 1. The van der Waals surface area contributed by atoms with Crippen LogP contribution in [0.4, 0.5) is 11.4 Å². The molecule has 3 aliphatic rings. The van der Waals surface area contributed by atoms with Crippen LogP contribution in [0.15, 0.2) is 104 Å². The van der Waals surface area contributed by atoms with Crippen molar-refractivity contribution in [2.75, 3.05) is 29.5 Å². The molecule has 8 heteroatoms. The Morgan fingerprint density at radius 2 is 1.60 bits per heavy atom. The largest absolute Gasteiger partial charge is 0.394 e. The summed E-state index contributed by atoms with van der Waals surface area (Å²) in [6.07, 6.45) is 3.75. The molecular weight excluding hydrogens is 602 g/mol. The fraction of sp³-hybridized carbons (Fsp3) is 0.375. The third-order valence-corrected chi connectivity index (χ3v) is 10.8. The van der Waals surface area contributed by atoms with Crippen LogP contribution in [-0.4, -0.2) is 64.7 Å². The van der Waals surface area contributed by atoms with Gasteiger partial charge in [0.25, 0.3) is 5.91 Å². The van der Waals surface area contributed by atoms with Gasteiger partial charge in [0.2, 0.25) is 11.8 Å². The summed E-state index contributed by atoms with van der Waals surface area (Å²) in [5.41, 5.74) is 1.66. The summed E-state index contributed by atoms with van der Waals surface area (Å²) >= 11 is 0. The average Bonchev–Trinajstić information content (AvgIpc) is 3.60. The van der Waals surface area contributed by atoms with E-state index in [2.05, 4.69) is 13.2 Å². The number of aryl methyl sites for hydroxylation is 2. The maximum absolute atomic E-state index is 15.3. The normalized spacial score (nSPS) is 27.8. The molecule has 48 heavy (non-hydrogen) atoms. The first kappa shape index (κ1) is 33.4. The lowest BCUT2D eigenvalue weighted by molar-refractivity contribution is -0.149. The fourth-order valence-electron chi connectivity index (χ4n) is 8.52. The number of fused-ring (bicyclic) bond motifs is 1. The number of nitrogens with zero attached hydrogens (tertiary/aromatic N) is 3. The Morgan fingerprint density at radius 1 is 0.979 bits per heavy atom. The number of benzene rings is 3. The van der Waals surface area contributed by atoms with Crippen LogP contribution in [0.5, 0.6) is 0 Å². The van der Waals surface area contributed by atoms with E-state index in [-0.39, 0.29) is 36.7 Å². The van der Waals surface area contributed by atoms with Gasteiger partial charge in [-0.05, 0) is 68.0 Å². The van der Waals surface area contributed by atoms with Crippen LogP contribution in [0, 0.1) is 31.6 Å². The standard InChI is InChI=1S/C40H45N3O5/c1-7-21-41(30-17-13-10-14-18-30)36(45)33-34-37(46)43(32(25-44)29-15-11-9-12-16-29)35(40(34)24-28(5)39(33,6)48-40)38(47)42(22-8-2)31-23-26(3)19-20-27(31)4/h7-20,23,28,32-35,44H,1-2,21-22,24-25H2,3-6H3/t28?,32-,33-,34+,35?,39+,40?/m1/s1. The Kier molecular flexibility index (Phi) is 8.92. The summed E-state index contributed by atoms with van der Waals surface area (Å²) in [4.78, 5) is 50.1. The smallest absolute Gasteiger partial charge is 0.253 e. The lowest BCUT2D eigenvalue weighted by Gasteiger charge is -2.40. The first-order valence-corrected chi connectivity index (χ1v) is 16.7. The van der Waals surface area contributed by atoms with Crippen molar-refractivity contribution in [1.82, 2.24) is 4.90 Å². The number of likely N-dealkylation sites (tertiary alicyclic amines) is 1. The number of aliphatic hydroxyl groups excluding tert-OH is 1. The minimum Gasteiger partial charge on any atom is -0.394 e. The van der Waals surface area contributed by atoms with Crippen LogP contribution in [0.3, 0.4) is 0 Å². The lowest BCUT2D eigenvalue weighted by atomic mass is 9.62. The van der Waals surface area contributed by atoms with Crippen molar-refractivity contribution < 1.29 is 24.2 Å². The van der Waals surface area contributed by atoms with E-state index in [1.807, 2.05) is 107 Å². The van der Waals surface area contributed by atoms with Crippen LogP contribution in [0.2, 0.25) is 0 Å². The highest BCUT2D eigenvalue weighted by molar-refractivity contribution is 6.07. The summed E-state index contributed by atoms with van der Waals surface area (Å²) in [7, 11) is 0. The van der Waals surface area contributed by atoms with Crippen molar-refractivity contribution in [1.29, 1.82) is 0 Å². The topological polar surface area (TPSA) is 90.4 Å². The highest BCUT2D eigenvalue weighted by Crippen LogP contribution is 2.66. The SMILES string of the molecule is C=CCN(C(=O)[C@H]1[C@H]2C(=O)N([C@H](CO)c3ccccc3)C(C(=O)N(CC=C)c3cc(C)ccc3C)C23CC(C)[C@]1(C)O3)c1ccccc1. The molecule has 6 rings (SSSR count). The van der Waals surface area contributed by atoms with Crippen molar-refractivity contribution in [2.24, 2.45) is 17.8 Å². The number of carbonyl (C=O) groups is 3. The molecule has 250 valence electrons. The van der Waals surface area contributed by atoms with Gasteiger partial charge in [-0.25, -0.2) is 0 Å². The second-order valence-corrected chi connectivity index (χ2v) is 13.7. The second-order valence-electron chi connectivity index (χ2n) is 13.7. The summed E-state index contributed by atoms with van der Waals surface area (Å²) in [6.45, 7) is 15.8. The Morgan fingerprint density at radius 3 is 2.23 bits per heavy atom. The molecule has 2 bridgehead atoms. The van der Waals surface area contributed by atoms with Gasteiger partial charge in [-0.3, -0.25) is 14.4 Å². The summed E-state index contributed by atoms with van der Waals surface area (Å²) in [5, 5.41) is 10.9. The first-order chi connectivity index (χ1) is 23.0. The number of hydrogen-bond acceptors (Lipinski definition) is 5. The number of hydrogen-bond donors (Lipinski definition) is 1. The van der Waals surface area contributed by atoms with E-state index < -0.39 is 41.7 Å². The van der Waals surface area contributed by atoms with Gasteiger partial charge in [0.1, 0.15) is 11.6 Å². The summed E-state index contributed by atoms with van der Waals surface area (Å²) in [5.74, 6) is -2.91. The van der Waals surface area contributed by atoms with E-state index >= 15 is 9.59 Å². The number of carbonyl (C=O) groups excluding carboxylic acids is 3. The van der Waals surface area contributed by atoms with Crippen LogP contribution in [0.1, 0.15) is 43.0 Å². The first-order valence-electron chi connectivity index (χ1n) is 16.7. The van der Waals surface area contributed by atoms with Crippen molar-refractivity contribution in [3.05, 3.63) is 121 Å². The Balaban J connectivity index is 1.54. The van der Waals surface area contributed by atoms with E-state index in [9.17, 15) is 9.90 Å². The summed E-state index contributed by atoms with van der Waals surface area (Å²) in [6, 6.07) is 22.6. The maximum atomic E-state index is 15.3. The highest BCUT2D eigenvalue weighted by atomic mass is 16.5. The van der Waals surface area contributed by atoms with Crippen molar-refractivity contribution in [2.45, 2.75) is 57.4 Å². The molecule has 7 atom stereocenters. The van der Waals surface area contributed by atoms with Gasteiger partial charge in [-0.1, -0.05) is 79.7 Å². The molecule has 8 nitrogen and oxygen atoms in total. The molecule has 0 aliphatic carbocycles. The minimum absolute atomic E-state index is 0.148. The Bertz CT molecular complexity index is 1730.